The van der Waals surface area contributed by atoms with Crippen LogP contribution in [0.5, 0.6) is 0 Å². The smallest absolute Gasteiger partial charge is 0.337 e. The van der Waals surface area contributed by atoms with Gasteiger partial charge in [-0.1, -0.05) is 28.1 Å². The van der Waals surface area contributed by atoms with Gasteiger partial charge in [-0.25, -0.2) is 9.18 Å². The maximum Gasteiger partial charge on any atom is 0.337 e. The summed E-state index contributed by atoms with van der Waals surface area (Å²) in [4.78, 5) is 23.0. The van der Waals surface area contributed by atoms with E-state index < -0.39 is 17.7 Å². The Bertz CT molecular complexity index is 722. The first-order chi connectivity index (χ1) is 10.5. The molecule has 0 spiro atoms. The number of carboxylic acids is 1. The van der Waals surface area contributed by atoms with E-state index in [1.165, 1.54) is 24.3 Å². The maximum absolute atomic E-state index is 13.4. The molecule has 2 aromatic carbocycles. The summed E-state index contributed by atoms with van der Waals surface area (Å²) < 4.78 is 14.0. The minimum atomic E-state index is -1.15. The molecule has 7 heteroatoms. The van der Waals surface area contributed by atoms with E-state index in [2.05, 4.69) is 26.6 Å². The van der Waals surface area contributed by atoms with E-state index in [-0.39, 0.29) is 23.5 Å². The highest BCUT2D eigenvalue weighted by atomic mass is 79.9. The van der Waals surface area contributed by atoms with Crippen molar-refractivity contribution in [2.45, 2.75) is 0 Å². The third kappa shape index (κ3) is 4.05. The number of halogens is 2. The largest absolute Gasteiger partial charge is 0.478 e. The second kappa shape index (κ2) is 7.04. The van der Waals surface area contributed by atoms with Gasteiger partial charge in [0.2, 0.25) is 5.91 Å². The number of hydrogen-bond acceptors (Lipinski definition) is 3. The molecule has 0 aliphatic heterocycles. The minimum Gasteiger partial charge on any atom is -0.478 e. The van der Waals surface area contributed by atoms with Gasteiger partial charge in [0.15, 0.2) is 0 Å². The summed E-state index contributed by atoms with van der Waals surface area (Å²) in [6.07, 6.45) is 0. The maximum atomic E-state index is 13.4. The average Bonchev–Trinajstić information content (AvgIpc) is 2.48. The van der Waals surface area contributed by atoms with Crippen LogP contribution in [-0.2, 0) is 4.79 Å². The Morgan fingerprint density at radius 1 is 1.14 bits per heavy atom. The summed E-state index contributed by atoms with van der Waals surface area (Å²) >= 11 is 3.17. The van der Waals surface area contributed by atoms with E-state index >= 15 is 0 Å². The van der Waals surface area contributed by atoms with Crippen molar-refractivity contribution in [1.82, 2.24) is 0 Å². The second-order valence-corrected chi connectivity index (χ2v) is 5.29. The van der Waals surface area contributed by atoms with Crippen LogP contribution in [0.1, 0.15) is 10.4 Å². The van der Waals surface area contributed by atoms with Crippen molar-refractivity contribution in [2.24, 2.45) is 0 Å². The van der Waals surface area contributed by atoms with E-state index in [1.807, 2.05) is 0 Å². The van der Waals surface area contributed by atoms with E-state index in [4.69, 9.17) is 5.11 Å². The number of aromatic carboxylic acids is 1. The highest BCUT2D eigenvalue weighted by molar-refractivity contribution is 9.10. The number of amides is 1. The Morgan fingerprint density at radius 3 is 2.55 bits per heavy atom. The van der Waals surface area contributed by atoms with Crippen LogP contribution in [0.2, 0.25) is 0 Å². The lowest BCUT2D eigenvalue weighted by Gasteiger charge is -2.10. The summed E-state index contributed by atoms with van der Waals surface area (Å²) in [5.74, 6) is -2.10. The summed E-state index contributed by atoms with van der Waals surface area (Å²) in [6, 6.07) is 10.5. The zero-order chi connectivity index (χ0) is 16.1. The molecule has 0 aliphatic rings. The predicted octanol–water partition coefficient (Wildman–Crippen LogP) is 3.34. The molecule has 0 fully saturated rings. The molecule has 0 saturated carbocycles. The number of nitrogens with one attached hydrogen (secondary N) is 2. The third-order valence-corrected chi connectivity index (χ3v) is 3.29. The first kappa shape index (κ1) is 16.0. The number of carboxylic acid groups (broad SMARTS) is 1. The summed E-state index contributed by atoms with van der Waals surface area (Å²) in [5, 5.41) is 14.2. The van der Waals surface area contributed by atoms with Crippen molar-refractivity contribution in [1.29, 1.82) is 0 Å². The van der Waals surface area contributed by atoms with E-state index in [0.717, 1.165) is 0 Å². The number of para-hydroxylation sites is 1. The Kier molecular flexibility index (Phi) is 5.11. The van der Waals surface area contributed by atoms with E-state index in [9.17, 15) is 14.0 Å². The van der Waals surface area contributed by atoms with Crippen LogP contribution in [-0.4, -0.2) is 23.5 Å². The normalized spacial score (nSPS) is 10.1. The molecule has 0 radical (unpaired) electrons. The number of hydrogen-bond donors (Lipinski definition) is 3. The van der Waals surface area contributed by atoms with Gasteiger partial charge in [-0.15, -0.1) is 0 Å². The molecule has 22 heavy (non-hydrogen) atoms. The molecule has 0 aliphatic carbocycles. The van der Waals surface area contributed by atoms with Crippen molar-refractivity contribution in [3.8, 4) is 0 Å². The minimum absolute atomic E-state index is 0.0337. The van der Waals surface area contributed by atoms with E-state index in [0.29, 0.717) is 4.47 Å². The molecule has 2 aromatic rings. The molecule has 3 N–H and O–H groups in total. The molecule has 0 atom stereocenters. The Hall–Kier alpha value is -2.41. The van der Waals surface area contributed by atoms with Crippen LogP contribution in [0.3, 0.4) is 0 Å². The fourth-order valence-corrected chi connectivity index (χ4v) is 2.14. The van der Waals surface area contributed by atoms with Crippen molar-refractivity contribution < 1.29 is 19.1 Å². The number of anilines is 2. The van der Waals surface area contributed by atoms with E-state index in [1.54, 1.807) is 18.2 Å². The monoisotopic (exact) mass is 366 g/mol. The van der Waals surface area contributed by atoms with Crippen LogP contribution in [0.4, 0.5) is 15.8 Å². The van der Waals surface area contributed by atoms with Gasteiger partial charge in [0.25, 0.3) is 0 Å². The molecule has 114 valence electrons. The number of benzene rings is 2. The molecule has 5 nitrogen and oxygen atoms in total. The van der Waals surface area contributed by atoms with Crippen molar-refractivity contribution in [2.75, 3.05) is 17.2 Å². The van der Waals surface area contributed by atoms with Gasteiger partial charge in [0.1, 0.15) is 5.82 Å². The summed E-state index contributed by atoms with van der Waals surface area (Å²) in [7, 11) is 0. The lowest BCUT2D eigenvalue weighted by molar-refractivity contribution is -0.114. The number of carbonyl (C=O) groups is 2. The van der Waals surface area contributed by atoms with Crippen molar-refractivity contribution >= 4 is 39.2 Å². The molecule has 0 saturated heterocycles. The third-order valence-electron chi connectivity index (χ3n) is 2.80. The lowest BCUT2D eigenvalue weighted by Crippen LogP contribution is -2.23. The Balaban J connectivity index is 2.04. The van der Waals surface area contributed by atoms with Gasteiger partial charge >= 0.3 is 5.97 Å². The van der Waals surface area contributed by atoms with Gasteiger partial charge in [-0.2, -0.15) is 0 Å². The van der Waals surface area contributed by atoms with Gasteiger partial charge in [-0.05, 0) is 30.3 Å². The standard InChI is InChI=1S/C15H12BrFN2O3/c16-9-5-6-12(10(7-9)15(21)22)19-14(20)8-18-13-4-2-1-3-11(13)17/h1-7,18H,8H2,(H,19,20)(H,21,22). The lowest BCUT2D eigenvalue weighted by atomic mass is 10.2. The fourth-order valence-electron chi connectivity index (χ4n) is 1.78. The summed E-state index contributed by atoms with van der Waals surface area (Å²) in [6.45, 7) is -0.184. The van der Waals surface area contributed by atoms with Crippen molar-refractivity contribution in [3.05, 3.63) is 58.3 Å². The molecule has 0 heterocycles. The van der Waals surface area contributed by atoms with Crippen LogP contribution in [0, 0.1) is 5.82 Å². The van der Waals surface area contributed by atoms with Gasteiger partial charge in [-0.3, -0.25) is 4.79 Å². The topological polar surface area (TPSA) is 78.4 Å². The van der Waals surface area contributed by atoms with Gasteiger partial charge in [0.05, 0.1) is 23.5 Å². The first-order valence-corrected chi connectivity index (χ1v) is 7.08. The predicted molar refractivity (Wildman–Crippen MR) is 84.6 cm³/mol. The van der Waals surface area contributed by atoms with Crippen LogP contribution < -0.4 is 10.6 Å². The number of carbonyl (C=O) groups excluding carboxylic acids is 1. The van der Waals surface area contributed by atoms with Crippen LogP contribution >= 0.6 is 15.9 Å². The number of rotatable bonds is 5. The molecule has 0 bridgehead atoms. The molecular formula is C15H12BrFN2O3. The highest BCUT2D eigenvalue weighted by Gasteiger charge is 2.13. The molecule has 0 aromatic heterocycles. The zero-order valence-electron chi connectivity index (χ0n) is 11.3. The fraction of sp³-hybridized carbons (Fsp3) is 0.0667. The quantitative estimate of drug-likeness (QED) is 0.758. The van der Waals surface area contributed by atoms with Crippen LogP contribution in [0.15, 0.2) is 46.9 Å². The van der Waals surface area contributed by atoms with Gasteiger partial charge < -0.3 is 15.7 Å². The molecule has 0 unspecified atom stereocenters. The van der Waals surface area contributed by atoms with Gasteiger partial charge in [0, 0.05) is 4.47 Å². The first-order valence-electron chi connectivity index (χ1n) is 6.28. The molecule has 2 rings (SSSR count). The van der Waals surface area contributed by atoms with Crippen LogP contribution in [0.25, 0.3) is 0 Å². The average molecular weight is 367 g/mol. The summed E-state index contributed by atoms with van der Waals surface area (Å²) in [5.41, 5.74) is 0.344. The SMILES string of the molecule is O=C(CNc1ccccc1F)Nc1ccc(Br)cc1C(=O)O. The second-order valence-electron chi connectivity index (χ2n) is 4.38. The van der Waals surface area contributed by atoms with Crippen molar-refractivity contribution in [3.63, 3.8) is 0 Å². The Morgan fingerprint density at radius 2 is 1.86 bits per heavy atom. The Labute approximate surface area is 134 Å². The zero-order valence-corrected chi connectivity index (χ0v) is 12.9. The highest BCUT2D eigenvalue weighted by Crippen LogP contribution is 2.21. The molecular weight excluding hydrogens is 355 g/mol. The molecule has 1 amide bonds.